The van der Waals surface area contributed by atoms with Crippen LogP contribution in [-0.2, 0) is 16.1 Å². The SMILES string of the molecule is Cc1ccc(-c2cc(CN3CCCN(C)CC3)[nH]n2)s1.O=C(O)C(F)(F)F.O=C(O)C(F)(F)F. The van der Waals surface area contributed by atoms with Crippen LogP contribution in [0.4, 0.5) is 26.3 Å². The molecule has 1 aliphatic heterocycles. The first-order valence-corrected chi connectivity index (χ1v) is 10.5. The highest BCUT2D eigenvalue weighted by atomic mass is 32.1. The van der Waals surface area contributed by atoms with Gasteiger partial charge in [0, 0.05) is 30.2 Å². The number of rotatable bonds is 3. The van der Waals surface area contributed by atoms with Crippen molar-refractivity contribution in [2.45, 2.75) is 32.2 Å². The molecule has 0 unspecified atom stereocenters. The van der Waals surface area contributed by atoms with Gasteiger partial charge in [0.1, 0.15) is 5.69 Å². The first-order valence-electron chi connectivity index (χ1n) is 9.71. The summed E-state index contributed by atoms with van der Waals surface area (Å²) in [4.78, 5) is 25.3. The first-order chi connectivity index (χ1) is 15.6. The molecule has 1 fully saturated rings. The number of alkyl halides is 6. The molecule has 2 aromatic rings. The molecule has 0 radical (unpaired) electrons. The molecule has 192 valence electrons. The Morgan fingerprint density at radius 1 is 1.03 bits per heavy atom. The van der Waals surface area contributed by atoms with Gasteiger partial charge in [0.2, 0.25) is 0 Å². The van der Waals surface area contributed by atoms with Crippen LogP contribution in [0.15, 0.2) is 18.2 Å². The number of aromatic nitrogens is 2. The minimum absolute atomic E-state index is 0.977. The second kappa shape index (κ2) is 12.7. The van der Waals surface area contributed by atoms with Gasteiger partial charge >= 0.3 is 24.3 Å². The molecule has 1 aliphatic rings. The zero-order chi connectivity index (χ0) is 26.1. The van der Waals surface area contributed by atoms with Crippen LogP contribution in [0.5, 0.6) is 0 Å². The van der Waals surface area contributed by atoms with Gasteiger partial charge in [0.05, 0.1) is 4.88 Å². The van der Waals surface area contributed by atoms with E-state index in [-0.39, 0.29) is 0 Å². The van der Waals surface area contributed by atoms with Crippen LogP contribution in [0.25, 0.3) is 10.6 Å². The third-order valence-corrected chi connectivity index (χ3v) is 5.34. The highest BCUT2D eigenvalue weighted by Gasteiger charge is 2.38. The number of carboxylic acid groups (broad SMARTS) is 2. The number of hydrogen-bond donors (Lipinski definition) is 3. The van der Waals surface area contributed by atoms with Crippen LogP contribution in [-0.4, -0.2) is 87.7 Å². The number of likely N-dealkylation sites (N-methyl/N-ethyl adjacent to an activating group) is 1. The summed E-state index contributed by atoms with van der Waals surface area (Å²) in [5.41, 5.74) is 2.29. The fourth-order valence-electron chi connectivity index (χ4n) is 2.64. The predicted octanol–water partition coefficient (Wildman–Crippen LogP) is 3.85. The van der Waals surface area contributed by atoms with Crippen molar-refractivity contribution in [2.24, 2.45) is 0 Å². The fraction of sp³-hybridized carbons (Fsp3) is 0.526. The first kappa shape index (κ1) is 29.4. The zero-order valence-corrected chi connectivity index (χ0v) is 19.0. The summed E-state index contributed by atoms with van der Waals surface area (Å²) in [6.45, 7) is 7.80. The van der Waals surface area contributed by atoms with Gasteiger partial charge < -0.3 is 15.1 Å². The lowest BCUT2D eigenvalue weighted by atomic mass is 10.3. The van der Waals surface area contributed by atoms with Crippen LogP contribution in [0, 0.1) is 6.92 Å². The average molecular weight is 518 g/mol. The third-order valence-electron chi connectivity index (χ3n) is 4.31. The van der Waals surface area contributed by atoms with Crippen molar-refractivity contribution in [3.8, 4) is 10.6 Å². The largest absolute Gasteiger partial charge is 0.490 e. The molecule has 3 rings (SSSR count). The van der Waals surface area contributed by atoms with Gasteiger partial charge in [-0.05, 0) is 51.7 Å². The maximum absolute atomic E-state index is 10.6. The van der Waals surface area contributed by atoms with Crippen molar-refractivity contribution in [1.82, 2.24) is 20.0 Å². The van der Waals surface area contributed by atoms with Gasteiger partial charge in [0.25, 0.3) is 0 Å². The van der Waals surface area contributed by atoms with Gasteiger partial charge in [0.15, 0.2) is 0 Å². The van der Waals surface area contributed by atoms with Crippen LogP contribution in [0.1, 0.15) is 17.0 Å². The van der Waals surface area contributed by atoms with Crippen molar-refractivity contribution < 1.29 is 46.1 Å². The van der Waals surface area contributed by atoms with Crippen molar-refractivity contribution >= 4 is 23.3 Å². The minimum Gasteiger partial charge on any atom is -0.475 e. The Kier molecular flexibility index (Phi) is 11.0. The monoisotopic (exact) mass is 518 g/mol. The van der Waals surface area contributed by atoms with Gasteiger partial charge in [-0.25, -0.2) is 9.59 Å². The van der Waals surface area contributed by atoms with E-state index < -0.39 is 24.3 Å². The molecule has 34 heavy (non-hydrogen) atoms. The Bertz CT molecular complexity index is 905. The average Bonchev–Trinajstić information content (AvgIpc) is 3.29. The summed E-state index contributed by atoms with van der Waals surface area (Å²) < 4.78 is 63.5. The van der Waals surface area contributed by atoms with E-state index in [0.717, 1.165) is 25.3 Å². The summed E-state index contributed by atoms with van der Waals surface area (Å²) in [5, 5.41) is 21.9. The standard InChI is InChI=1S/C15H22N4S.2C2HF3O2/c1-12-4-5-15(20-12)14-10-13(16-17-14)11-19-7-3-6-18(2)8-9-19;2*3-2(4,5)1(6)7/h4-5,10H,3,6-9,11H2,1-2H3,(H,16,17);2*(H,6,7). The van der Waals surface area contributed by atoms with Crippen molar-refractivity contribution in [3.63, 3.8) is 0 Å². The number of aromatic amines is 1. The van der Waals surface area contributed by atoms with Gasteiger partial charge in [-0.3, -0.25) is 10.00 Å². The molecule has 0 aromatic carbocycles. The number of hydrogen-bond acceptors (Lipinski definition) is 6. The lowest BCUT2D eigenvalue weighted by Gasteiger charge is -2.18. The van der Waals surface area contributed by atoms with Gasteiger partial charge in [-0.1, -0.05) is 0 Å². The van der Waals surface area contributed by atoms with E-state index in [0.29, 0.717) is 0 Å². The molecular formula is C19H24F6N4O4S. The molecule has 0 atom stereocenters. The lowest BCUT2D eigenvalue weighted by molar-refractivity contribution is -0.193. The Labute approximate surface area is 194 Å². The highest BCUT2D eigenvalue weighted by molar-refractivity contribution is 7.15. The molecule has 0 aliphatic carbocycles. The Balaban J connectivity index is 0.000000343. The van der Waals surface area contributed by atoms with E-state index in [9.17, 15) is 26.3 Å². The molecule has 1 saturated heterocycles. The second-order valence-electron chi connectivity index (χ2n) is 7.23. The number of halogens is 6. The van der Waals surface area contributed by atoms with Crippen LogP contribution in [0.2, 0.25) is 0 Å². The molecule has 0 bridgehead atoms. The molecule has 0 saturated carbocycles. The van der Waals surface area contributed by atoms with Crippen LogP contribution >= 0.6 is 11.3 Å². The smallest absolute Gasteiger partial charge is 0.475 e. The molecule has 0 amide bonds. The fourth-order valence-corrected chi connectivity index (χ4v) is 3.47. The van der Waals surface area contributed by atoms with Crippen molar-refractivity contribution in [2.75, 3.05) is 33.2 Å². The number of nitrogens with zero attached hydrogens (tertiary/aromatic N) is 3. The van der Waals surface area contributed by atoms with Gasteiger partial charge in [-0.2, -0.15) is 31.4 Å². The molecule has 8 nitrogen and oxygen atoms in total. The number of carboxylic acids is 2. The topological polar surface area (TPSA) is 110 Å². The number of H-pyrrole nitrogens is 1. The third kappa shape index (κ3) is 11.0. The van der Waals surface area contributed by atoms with Crippen LogP contribution < -0.4 is 0 Å². The molecule has 0 spiro atoms. The predicted molar refractivity (Wildman–Crippen MR) is 111 cm³/mol. The quantitative estimate of drug-likeness (QED) is 0.530. The van der Waals surface area contributed by atoms with E-state index in [1.165, 1.54) is 35.0 Å². The van der Waals surface area contributed by atoms with E-state index in [4.69, 9.17) is 19.8 Å². The molecule has 15 heteroatoms. The summed E-state index contributed by atoms with van der Waals surface area (Å²) in [6.07, 6.45) is -8.92. The zero-order valence-electron chi connectivity index (χ0n) is 18.2. The van der Waals surface area contributed by atoms with Gasteiger partial charge in [-0.15, -0.1) is 11.3 Å². The number of aryl methyl sites for hydroxylation is 1. The molecule has 2 aromatic heterocycles. The molecular weight excluding hydrogens is 494 g/mol. The lowest BCUT2D eigenvalue weighted by Crippen LogP contribution is -2.28. The van der Waals surface area contributed by atoms with E-state index in [1.54, 1.807) is 11.3 Å². The maximum Gasteiger partial charge on any atom is 0.490 e. The summed E-state index contributed by atoms with van der Waals surface area (Å²) >= 11 is 1.80. The van der Waals surface area contributed by atoms with Crippen LogP contribution in [0.3, 0.4) is 0 Å². The van der Waals surface area contributed by atoms with E-state index in [2.05, 4.69) is 52.2 Å². The van der Waals surface area contributed by atoms with E-state index >= 15 is 0 Å². The summed E-state index contributed by atoms with van der Waals surface area (Å²) in [6, 6.07) is 6.50. The second-order valence-corrected chi connectivity index (χ2v) is 8.52. The maximum atomic E-state index is 10.6. The van der Waals surface area contributed by atoms with E-state index in [1.807, 2.05) is 0 Å². The number of thiophene rings is 1. The Morgan fingerprint density at radius 3 is 2.06 bits per heavy atom. The number of aliphatic carboxylic acids is 2. The Hall–Kier alpha value is -2.65. The summed E-state index contributed by atoms with van der Waals surface area (Å²) in [7, 11) is 2.21. The summed E-state index contributed by atoms with van der Waals surface area (Å²) in [5.74, 6) is -5.51. The Morgan fingerprint density at radius 2 is 1.59 bits per heavy atom. The van der Waals surface area contributed by atoms with Crippen molar-refractivity contribution in [1.29, 1.82) is 0 Å². The molecule has 3 N–H and O–H groups in total. The number of carbonyl (C=O) groups is 2. The normalized spacial score (nSPS) is 15.4. The molecule has 3 heterocycles. The highest BCUT2D eigenvalue weighted by Crippen LogP contribution is 2.26. The number of nitrogens with one attached hydrogen (secondary N) is 1. The van der Waals surface area contributed by atoms with Crippen molar-refractivity contribution in [3.05, 3.63) is 28.8 Å². The minimum atomic E-state index is -5.08.